The largest absolute Gasteiger partial charge is 0.493 e. The van der Waals surface area contributed by atoms with E-state index in [1.54, 1.807) is 14.2 Å². The number of aromatic nitrogens is 1. The lowest BCUT2D eigenvalue weighted by atomic mass is 10.1. The van der Waals surface area contributed by atoms with E-state index in [2.05, 4.69) is 28.5 Å². The van der Waals surface area contributed by atoms with Crippen LogP contribution in [0.2, 0.25) is 0 Å². The highest BCUT2D eigenvalue weighted by molar-refractivity contribution is 5.80. The summed E-state index contributed by atoms with van der Waals surface area (Å²) < 4.78 is 10.5. The molecule has 0 saturated carbocycles. The highest BCUT2D eigenvalue weighted by Gasteiger charge is 2.07. The lowest BCUT2D eigenvalue weighted by Gasteiger charge is -2.10. The Balaban J connectivity index is 1.52. The molecule has 0 aliphatic rings. The Morgan fingerprint density at radius 2 is 1.80 bits per heavy atom. The Kier molecular flexibility index (Phi) is 5.23. The Bertz CT molecular complexity index is 870. The number of nitrogens with one attached hydrogen (secondary N) is 2. The van der Waals surface area contributed by atoms with Crippen LogP contribution in [0.1, 0.15) is 17.5 Å². The third kappa shape index (κ3) is 4.12. The lowest BCUT2D eigenvalue weighted by Crippen LogP contribution is -2.23. The molecule has 0 radical (unpaired) electrons. The van der Waals surface area contributed by atoms with Crippen LogP contribution in [0.4, 0.5) is 0 Å². The van der Waals surface area contributed by atoms with Gasteiger partial charge >= 0.3 is 0 Å². The highest BCUT2D eigenvalue weighted by atomic mass is 16.5. The molecular weight excluding hydrogens is 316 g/mol. The van der Waals surface area contributed by atoms with Gasteiger partial charge in [-0.1, -0.05) is 18.2 Å². The number of aryl methyl sites for hydroxylation is 1. The van der Waals surface area contributed by atoms with Gasteiger partial charge in [-0.05, 0) is 47.2 Å². The fourth-order valence-electron chi connectivity index (χ4n) is 2.79. The number of ether oxygens (including phenoxy) is 2. The molecule has 0 spiro atoms. The van der Waals surface area contributed by atoms with Crippen molar-refractivity contribution in [1.82, 2.24) is 10.3 Å². The van der Waals surface area contributed by atoms with Crippen LogP contribution in [0.3, 0.4) is 0 Å². The smallest absolute Gasteiger partial charge is 0.220 e. The molecule has 0 aliphatic heterocycles. The molecule has 0 fully saturated rings. The summed E-state index contributed by atoms with van der Waals surface area (Å²) in [5, 5.41) is 4.13. The zero-order valence-electron chi connectivity index (χ0n) is 14.5. The average molecular weight is 338 g/mol. The van der Waals surface area contributed by atoms with Gasteiger partial charge in [-0.2, -0.15) is 0 Å². The molecule has 130 valence electrons. The molecule has 2 aromatic carbocycles. The second-order valence-electron chi connectivity index (χ2n) is 5.87. The molecule has 1 amide bonds. The number of H-pyrrole nitrogens is 1. The fourth-order valence-corrected chi connectivity index (χ4v) is 2.79. The molecule has 0 saturated heterocycles. The Morgan fingerprint density at radius 1 is 1.00 bits per heavy atom. The number of carbonyl (C=O) groups excluding carboxylic acids is 1. The molecule has 1 aromatic heterocycles. The molecule has 5 nitrogen and oxygen atoms in total. The first kappa shape index (κ1) is 16.9. The number of hydrogen-bond acceptors (Lipinski definition) is 3. The molecule has 25 heavy (non-hydrogen) atoms. The summed E-state index contributed by atoms with van der Waals surface area (Å²) >= 11 is 0. The average Bonchev–Trinajstić information content (AvgIpc) is 3.12. The number of hydrogen-bond donors (Lipinski definition) is 2. The molecular formula is C20H22N2O3. The van der Waals surface area contributed by atoms with Crippen molar-refractivity contribution in [3.63, 3.8) is 0 Å². The minimum Gasteiger partial charge on any atom is -0.493 e. The van der Waals surface area contributed by atoms with E-state index in [1.807, 2.05) is 30.5 Å². The number of carbonyl (C=O) groups is 1. The van der Waals surface area contributed by atoms with Crippen LogP contribution in [-0.2, 0) is 17.8 Å². The first-order valence-electron chi connectivity index (χ1n) is 8.23. The van der Waals surface area contributed by atoms with Gasteiger partial charge in [-0.3, -0.25) is 4.79 Å². The molecule has 0 atom stereocenters. The lowest BCUT2D eigenvalue weighted by molar-refractivity contribution is -0.121. The second-order valence-corrected chi connectivity index (χ2v) is 5.87. The fraction of sp³-hybridized carbons (Fsp3) is 0.250. The Hall–Kier alpha value is -2.95. The first-order valence-corrected chi connectivity index (χ1v) is 8.23. The van der Waals surface area contributed by atoms with Crippen LogP contribution in [0.15, 0.2) is 48.7 Å². The van der Waals surface area contributed by atoms with Crippen LogP contribution in [-0.4, -0.2) is 25.1 Å². The highest BCUT2D eigenvalue weighted by Crippen LogP contribution is 2.27. The quantitative estimate of drug-likeness (QED) is 0.694. The minimum atomic E-state index is 0.0290. The maximum Gasteiger partial charge on any atom is 0.220 e. The van der Waals surface area contributed by atoms with Crippen LogP contribution < -0.4 is 14.8 Å². The van der Waals surface area contributed by atoms with E-state index in [-0.39, 0.29) is 5.91 Å². The number of amides is 1. The summed E-state index contributed by atoms with van der Waals surface area (Å²) in [5.41, 5.74) is 3.22. The van der Waals surface area contributed by atoms with E-state index in [9.17, 15) is 4.79 Å². The molecule has 0 unspecified atom stereocenters. The van der Waals surface area contributed by atoms with Crippen LogP contribution in [0.5, 0.6) is 11.5 Å². The second kappa shape index (κ2) is 7.75. The molecule has 5 heteroatoms. The summed E-state index contributed by atoms with van der Waals surface area (Å²) in [5.74, 6) is 1.37. The van der Waals surface area contributed by atoms with Gasteiger partial charge in [0, 0.05) is 24.7 Å². The number of rotatable bonds is 7. The SMILES string of the molecule is COc1ccc(CNC(=O)CCc2ccc3cc[nH]c3c2)cc1OC. The summed E-state index contributed by atoms with van der Waals surface area (Å²) in [6, 6.07) is 13.9. The topological polar surface area (TPSA) is 63.3 Å². The summed E-state index contributed by atoms with van der Waals surface area (Å²) in [6.45, 7) is 0.467. The van der Waals surface area contributed by atoms with E-state index in [0.717, 1.165) is 16.6 Å². The normalized spacial score (nSPS) is 10.6. The van der Waals surface area contributed by atoms with Crippen molar-refractivity contribution in [2.75, 3.05) is 14.2 Å². The molecule has 0 aliphatic carbocycles. The molecule has 3 rings (SSSR count). The molecule has 3 aromatic rings. The zero-order chi connectivity index (χ0) is 17.6. The van der Waals surface area contributed by atoms with Gasteiger partial charge in [0.2, 0.25) is 5.91 Å². The van der Waals surface area contributed by atoms with Gasteiger partial charge in [0.1, 0.15) is 0 Å². The van der Waals surface area contributed by atoms with Crippen molar-refractivity contribution < 1.29 is 14.3 Å². The third-order valence-corrected chi connectivity index (χ3v) is 4.20. The number of fused-ring (bicyclic) bond motifs is 1. The zero-order valence-corrected chi connectivity index (χ0v) is 14.5. The first-order chi connectivity index (χ1) is 12.2. The standard InChI is InChI=1S/C20H22N2O3/c1-24-18-7-4-15(12-19(18)25-2)13-22-20(23)8-5-14-3-6-16-9-10-21-17(16)11-14/h3-4,6-7,9-12,21H,5,8,13H2,1-2H3,(H,22,23). The van der Waals surface area contributed by atoms with Gasteiger partial charge in [-0.15, -0.1) is 0 Å². The van der Waals surface area contributed by atoms with E-state index >= 15 is 0 Å². The van der Waals surface area contributed by atoms with Crippen molar-refractivity contribution in [2.24, 2.45) is 0 Å². The predicted molar refractivity (Wildman–Crippen MR) is 98.0 cm³/mol. The van der Waals surface area contributed by atoms with Crippen molar-refractivity contribution in [3.8, 4) is 11.5 Å². The van der Waals surface area contributed by atoms with E-state index in [4.69, 9.17) is 9.47 Å². The monoisotopic (exact) mass is 338 g/mol. The van der Waals surface area contributed by atoms with Gasteiger partial charge in [0.05, 0.1) is 14.2 Å². The van der Waals surface area contributed by atoms with E-state index < -0.39 is 0 Å². The molecule has 1 heterocycles. The van der Waals surface area contributed by atoms with Crippen molar-refractivity contribution in [2.45, 2.75) is 19.4 Å². The van der Waals surface area contributed by atoms with Crippen LogP contribution in [0.25, 0.3) is 10.9 Å². The van der Waals surface area contributed by atoms with Gasteiger partial charge in [0.25, 0.3) is 0 Å². The minimum absolute atomic E-state index is 0.0290. The van der Waals surface area contributed by atoms with Crippen molar-refractivity contribution >= 4 is 16.8 Å². The summed E-state index contributed by atoms with van der Waals surface area (Å²) in [7, 11) is 3.20. The van der Waals surface area contributed by atoms with Gasteiger partial charge < -0.3 is 19.8 Å². The van der Waals surface area contributed by atoms with E-state index in [0.29, 0.717) is 30.9 Å². The molecule has 2 N–H and O–H groups in total. The van der Waals surface area contributed by atoms with E-state index in [1.165, 1.54) is 5.39 Å². The number of methoxy groups -OCH3 is 2. The van der Waals surface area contributed by atoms with Gasteiger partial charge in [-0.25, -0.2) is 0 Å². The summed E-state index contributed by atoms with van der Waals surface area (Å²) in [6.07, 6.45) is 3.09. The maximum absolute atomic E-state index is 12.1. The number of aromatic amines is 1. The summed E-state index contributed by atoms with van der Waals surface area (Å²) in [4.78, 5) is 15.3. The van der Waals surface area contributed by atoms with Crippen LogP contribution >= 0.6 is 0 Å². The van der Waals surface area contributed by atoms with Crippen LogP contribution in [0, 0.1) is 0 Å². The number of benzene rings is 2. The van der Waals surface area contributed by atoms with Crippen molar-refractivity contribution in [3.05, 3.63) is 59.8 Å². The van der Waals surface area contributed by atoms with Gasteiger partial charge in [0.15, 0.2) is 11.5 Å². The predicted octanol–water partition coefficient (Wildman–Crippen LogP) is 3.43. The Morgan fingerprint density at radius 3 is 2.60 bits per heavy atom. The van der Waals surface area contributed by atoms with Crippen molar-refractivity contribution in [1.29, 1.82) is 0 Å². The third-order valence-electron chi connectivity index (χ3n) is 4.20. The Labute approximate surface area is 147 Å². The maximum atomic E-state index is 12.1. The molecule has 0 bridgehead atoms.